The third-order valence-electron chi connectivity index (χ3n) is 5.33. The lowest BCUT2D eigenvalue weighted by molar-refractivity contribution is 0.101. The number of hydrogen-bond acceptors (Lipinski definition) is 3. The lowest BCUT2D eigenvalue weighted by Gasteiger charge is -2.08. The lowest BCUT2D eigenvalue weighted by Crippen LogP contribution is -2.14. The number of anilines is 1. The number of carbonyl (C=O) groups is 1. The van der Waals surface area contributed by atoms with Gasteiger partial charge < -0.3 is 10.1 Å². The molecule has 4 rings (SSSR count). The zero-order chi connectivity index (χ0) is 23.9. The van der Waals surface area contributed by atoms with Gasteiger partial charge in [-0.2, -0.15) is 5.10 Å². The van der Waals surface area contributed by atoms with Gasteiger partial charge in [0.05, 0.1) is 11.9 Å². The van der Waals surface area contributed by atoms with Gasteiger partial charge in [0.2, 0.25) is 0 Å². The number of halogens is 2. The molecule has 0 radical (unpaired) electrons. The van der Waals surface area contributed by atoms with Crippen LogP contribution in [0, 0.1) is 11.6 Å². The third kappa shape index (κ3) is 5.86. The predicted molar refractivity (Wildman–Crippen MR) is 127 cm³/mol. The van der Waals surface area contributed by atoms with E-state index in [4.69, 9.17) is 4.74 Å². The van der Waals surface area contributed by atoms with E-state index >= 15 is 0 Å². The lowest BCUT2D eigenvalue weighted by atomic mass is 10.1. The van der Waals surface area contributed by atoms with E-state index in [1.807, 2.05) is 24.3 Å². The van der Waals surface area contributed by atoms with Crippen LogP contribution in [-0.2, 0) is 13.0 Å². The molecule has 0 saturated carbocycles. The van der Waals surface area contributed by atoms with Crippen molar-refractivity contribution < 1.29 is 18.3 Å². The standard InChI is InChI=1S/C27H25F2N3O2/c1-2-3-4-19-7-13-23(14-8-19)30-27(33)26-25(34-18-20-5-9-21(28)10-6-20)17-32(31-26)24-15-11-22(29)12-16-24/h5-17H,2-4,18H2,1H3,(H,30,33). The van der Waals surface area contributed by atoms with Crippen molar-refractivity contribution in [1.29, 1.82) is 0 Å². The number of nitrogens with zero attached hydrogens (tertiary/aromatic N) is 2. The molecular formula is C27H25F2N3O2. The summed E-state index contributed by atoms with van der Waals surface area (Å²) < 4.78 is 33.9. The Kier molecular flexibility index (Phi) is 7.32. The van der Waals surface area contributed by atoms with E-state index in [0.717, 1.165) is 24.8 Å². The quantitative estimate of drug-likeness (QED) is 0.317. The van der Waals surface area contributed by atoms with Crippen molar-refractivity contribution >= 4 is 11.6 Å². The first-order valence-corrected chi connectivity index (χ1v) is 11.1. The largest absolute Gasteiger partial charge is 0.485 e. The van der Waals surface area contributed by atoms with Crippen molar-refractivity contribution in [2.45, 2.75) is 32.8 Å². The fourth-order valence-electron chi connectivity index (χ4n) is 3.41. The highest BCUT2D eigenvalue weighted by Crippen LogP contribution is 2.23. The number of nitrogens with one attached hydrogen (secondary N) is 1. The van der Waals surface area contributed by atoms with Gasteiger partial charge in [0.1, 0.15) is 18.2 Å². The molecule has 0 fully saturated rings. The number of amides is 1. The third-order valence-corrected chi connectivity index (χ3v) is 5.33. The molecule has 1 amide bonds. The second-order valence-electron chi connectivity index (χ2n) is 7.93. The molecule has 0 aliphatic heterocycles. The average Bonchev–Trinajstić information content (AvgIpc) is 3.28. The number of rotatable bonds is 9. The molecule has 4 aromatic rings. The molecule has 1 N–H and O–H groups in total. The van der Waals surface area contributed by atoms with Gasteiger partial charge >= 0.3 is 0 Å². The summed E-state index contributed by atoms with van der Waals surface area (Å²) in [5.41, 5.74) is 3.26. The Morgan fingerprint density at radius 2 is 1.53 bits per heavy atom. The number of benzene rings is 3. The predicted octanol–water partition coefficient (Wildman–Crippen LogP) is 6.32. The van der Waals surface area contributed by atoms with Crippen molar-refractivity contribution in [1.82, 2.24) is 9.78 Å². The molecular weight excluding hydrogens is 436 g/mol. The molecule has 1 heterocycles. The second-order valence-corrected chi connectivity index (χ2v) is 7.93. The molecule has 0 unspecified atom stereocenters. The molecule has 3 aromatic carbocycles. The average molecular weight is 462 g/mol. The minimum absolute atomic E-state index is 0.0847. The van der Waals surface area contributed by atoms with E-state index in [9.17, 15) is 13.6 Å². The molecule has 7 heteroatoms. The Morgan fingerprint density at radius 1 is 0.912 bits per heavy atom. The molecule has 0 atom stereocenters. The van der Waals surface area contributed by atoms with Crippen molar-refractivity contribution in [3.8, 4) is 11.4 Å². The van der Waals surface area contributed by atoms with Crippen LogP contribution in [0.5, 0.6) is 5.75 Å². The van der Waals surface area contributed by atoms with Crippen LogP contribution >= 0.6 is 0 Å². The summed E-state index contributed by atoms with van der Waals surface area (Å²) in [6.45, 7) is 2.27. The normalized spacial score (nSPS) is 10.8. The highest BCUT2D eigenvalue weighted by molar-refractivity contribution is 6.04. The van der Waals surface area contributed by atoms with Crippen LogP contribution in [0.15, 0.2) is 79.0 Å². The summed E-state index contributed by atoms with van der Waals surface area (Å²) in [7, 11) is 0. The first-order chi connectivity index (χ1) is 16.5. The highest BCUT2D eigenvalue weighted by atomic mass is 19.1. The zero-order valence-electron chi connectivity index (χ0n) is 18.8. The van der Waals surface area contributed by atoms with Crippen molar-refractivity contribution in [2.75, 3.05) is 5.32 Å². The summed E-state index contributed by atoms with van der Waals surface area (Å²) in [5.74, 6) is -0.889. The van der Waals surface area contributed by atoms with Gasteiger partial charge in [-0.15, -0.1) is 0 Å². The Balaban J connectivity index is 1.56. The van der Waals surface area contributed by atoms with E-state index in [2.05, 4.69) is 17.3 Å². The maximum atomic E-state index is 13.3. The van der Waals surface area contributed by atoms with Gasteiger partial charge in [0, 0.05) is 5.69 Å². The highest BCUT2D eigenvalue weighted by Gasteiger charge is 2.20. The molecule has 0 aliphatic rings. The monoisotopic (exact) mass is 461 g/mol. The number of unbranched alkanes of at least 4 members (excludes halogenated alkanes) is 1. The van der Waals surface area contributed by atoms with Crippen molar-refractivity contribution in [2.24, 2.45) is 0 Å². The number of ether oxygens (including phenoxy) is 1. The Hall–Kier alpha value is -4.00. The topological polar surface area (TPSA) is 56.2 Å². The van der Waals surface area contributed by atoms with Crippen LogP contribution < -0.4 is 10.1 Å². The van der Waals surface area contributed by atoms with Gasteiger partial charge in [-0.1, -0.05) is 37.6 Å². The second kappa shape index (κ2) is 10.7. The zero-order valence-corrected chi connectivity index (χ0v) is 18.8. The summed E-state index contributed by atoms with van der Waals surface area (Å²) in [5, 5.41) is 7.24. The maximum absolute atomic E-state index is 13.3. The summed E-state index contributed by atoms with van der Waals surface area (Å²) in [6.07, 6.45) is 4.80. The number of aryl methyl sites for hydroxylation is 1. The van der Waals surface area contributed by atoms with Crippen LogP contribution in [-0.4, -0.2) is 15.7 Å². The van der Waals surface area contributed by atoms with E-state index in [1.165, 1.54) is 34.5 Å². The van der Waals surface area contributed by atoms with Crippen LogP contribution in [0.1, 0.15) is 41.4 Å². The molecule has 0 bridgehead atoms. The fraction of sp³-hybridized carbons (Fsp3) is 0.185. The molecule has 0 aliphatic carbocycles. The Morgan fingerprint density at radius 3 is 2.18 bits per heavy atom. The van der Waals surface area contributed by atoms with Crippen LogP contribution in [0.2, 0.25) is 0 Å². The van der Waals surface area contributed by atoms with Gasteiger partial charge in [-0.25, -0.2) is 13.5 Å². The molecule has 1 aromatic heterocycles. The van der Waals surface area contributed by atoms with Gasteiger partial charge in [-0.3, -0.25) is 4.79 Å². The van der Waals surface area contributed by atoms with Gasteiger partial charge in [0.25, 0.3) is 5.91 Å². The van der Waals surface area contributed by atoms with Crippen molar-refractivity contribution in [3.63, 3.8) is 0 Å². The van der Waals surface area contributed by atoms with E-state index in [0.29, 0.717) is 11.4 Å². The van der Waals surface area contributed by atoms with E-state index < -0.39 is 5.91 Å². The molecule has 34 heavy (non-hydrogen) atoms. The summed E-state index contributed by atoms with van der Waals surface area (Å²) >= 11 is 0. The van der Waals surface area contributed by atoms with Crippen LogP contribution in [0.4, 0.5) is 14.5 Å². The van der Waals surface area contributed by atoms with Gasteiger partial charge in [-0.05, 0) is 72.5 Å². The fourth-order valence-corrected chi connectivity index (χ4v) is 3.41. The molecule has 174 valence electrons. The molecule has 0 spiro atoms. The minimum Gasteiger partial charge on any atom is -0.485 e. The number of hydrogen-bond donors (Lipinski definition) is 1. The summed E-state index contributed by atoms with van der Waals surface area (Å²) in [6, 6.07) is 19.4. The Labute approximate surface area is 197 Å². The number of carbonyl (C=O) groups excluding carboxylic acids is 1. The van der Waals surface area contributed by atoms with Gasteiger partial charge in [0.15, 0.2) is 11.4 Å². The van der Waals surface area contributed by atoms with E-state index in [-0.39, 0.29) is 29.7 Å². The maximum Gasteiger partial charge on any atom is 0.280 e. The molecule has 5 nitrogen and oxygen atoms in total. The minimum atomic E-state index is -0.434. The molecule has 0 saturated heterocycles. The first-order valence-electron chi connectivity index (χ1n) is 11.1. The first kappa shape index (κ1) is 23.2. The van der Waals surface area contributed by atoms with Crippen LogP contribution in [0.3, 0.4) is 0 Å². The number of aromatic nitrogens is 2. The van der Waals surface area contributed by atoms with Crippen LogP contribution in [0.25, 0.3) is 5.69 Å². The Bertz CT molecular complexity index is 1230. The SMILES string of the molecule is CCCCc1ccc(NC(=O)c2nn(-c3ccc(F)cc3)cc2OCc2ccc(F)cc2)cc1. The van der Waals surface area contributed by atoms with Crippen molar-refractivity contribution in [3.05, 3.63) is 107 Å². The smallest absolute Gasteiger partial charge is 0.280 e. The summed E-state index contributed by atoms with van der Waals surface area (Å²) in [4.78, 5) is 13.1. The van der Waals surface area contributed by atoms with E-state index in [1.54, 1.807) is 30.5 Å².